The number of likely N-dealkylation sites (tertiary alicyclic amines) is 1. The number of esters is 1. The van der Waals surface area contributed by atoms with Crippen molar-refractivity contribution in [3.63, 3.8) is 0 Å². The Bertz CT molecular complexity index is 817. The summed E-state index contributed by atoms with van der Waals surface area (Å²) >= 11 is 0. The molecule has 8 nitrogen and oxygen atoms in total. The van der Waals surface area contributed by atoms with Crippen LogP contribution in [0.2, 0.25) is 0 Å². The van der Waals surface area contributed by atoms with Crippen molar-refractivity contribution in [1.82, 2.24) is 15.0 Å². The molecule has 170 valence electrons. The molecule has 0 radical (unpaired) electrons. The van der Waals surface area contributed by atoms with E-state index >= 15 is 0 Å². The molecule has 0 spiro atoms. The van der Waals surface area contributed by atoms with Gasteiger partial charge in [0.2, 0.25) is 5.91 Å². The van der Waals surface area contributed by atoms with Crippen molar-refractivity contribution in [3.05, 3.63) is 11.7 Å². The number of aryl methyl sites for hydroxylation is 1. The molecule has 1 aromatic rings. The van der Waals surface area contributed by atoms with Gasteiger partial charge in [0.15, 0.2) is 11.9 Å². The third kappa shape index (κ3) is 3.77. The first-order chi connectivity index (χ1) is 14.9. The number of β-amino-alcohol motifs (C(OH)–C–C–N with tert-alkyl or cyclic N) is 1. The first-order valence-corrected chi connectivity index (χ1v) is 11.9. The molecule has 4 aliphatic carbocycles. The van der Waals surface area contributed by atoms with Gasteiger partial charge in [0.25, 0.3) is 5.89 Å². The lowest BCUT2D eigenvalue weighted by Gasteiger charge is -2.56. The number of hydrogen-bond acceptors (Lipinski definition) is 7. The lowest BCUT2D eigenvalue weighted by Crippen LogP contribution is -2.56. The Labute approximate surface area is 182 Å². The molecule has 3 atom stereocenters. The van der Waals surface area contributed by atoms with Gasteiger partial charge in [0.1, 0.15) is 6.04 Å². The molecule has 5 fully saturated rings. The molecule has 1 saturated heterocycles. The Balaban J connectivity index is 1.29. The maximum Gasteiger partial charge on any atom is 0.329 e. The van der Waals surface area contributed by atoms with Crippen molar-refractivity contribution < 1.29 is 24.0 Å². The maximum atomic E-state index is 13.8. The zero-order chi connectivity index (χ0) is 21.8. The highest BCUT2D eigenvalue weighted by atomic mass is 16.6. The number of carbonyl (C=O) groups is 2. The van der Waals surface area contributed by atoms with Crippen LogP contribution in [0, 0.1) is 23.2 Å². The molecule has 4 bridgehead atoms. The molecule has 0 aromatic carbocycles. The molecule has 2 heterocycles. The topological polar surface area (TPSA) is 106 Å². The van der Waals surface area contributed by atoms with Crippen LogP contribution in [-0.4, -0.2) is 50.7 Å². The fourth-order valence-corrected chi connectivity index (χ4v) is 7.00. The molecule has 31 heavy (non-hydrogen) atoms. The van der Waals surface area contributed by atoms with Crippen LogP contribution >= 0.6 is 0 Å². The molecular formula is C23H33N3O5. The summed E-state index contributed by atoms with van der Waals surface area (Å²) in [6.45, 7) is 3.92. The molecule has 2 unspecified atom stereocenters. The van der Waals surface area contributed by atoms with Crippen molar-refractivity contribution in [3.8, 4) is 0 Å². The Morgan fingerprint density at radius 1 is 1.19 bits per heavy atom. The van der Waals surface area contributed by atoms with E-state index in [9.17, 15) is 14.7 Å². The Morgan fingerprint density at radius 2 is 1.84 bits per heavy atom. The van der Waals surface area contributed by atoms with Crippen molar-refractivity contribution in [2.24, 2.45) is 23.2 Å². The van der Waals surface area contributed by atoms with E-state index in [2.05, 4.69) is 10.1 Å². The fraction of sp³-hybridized carbons (Fsp3) is 0.826. The fourth-order valence-electron chi connectivity index (χ4n) is 7.00. The van der Waals surface area contributed by atoms with Crippen molar-refractivity contribution >= 4 is 11.9 Å². The zero-order valence-electron chi connectivity index (χ0n) is 18.5. The molecule has 1 amide bonds. The van der Waals surface area contributed by atoms with Gasteiger partial charge in [-0.15, -0.1) is 0 Å². The Morgan fingerprint density at radius 3 is 2.45 bits per heavy atom. The molecule has 4 saturated carbocycles. The average Bonchev–Trinajstić information content (AvgIpc) is 3.33. The van der Waals surface area contributed by atoms with E-state index in [4.69, 9.17) is 9.26 Å². The summed E-state index contributed by atoms with van der Waals surface area (Å²) in [5.41, 5.74) is -0.343. The number of amides is 1. The number of carbonyl (C=O) groups excluding carboxylic acids is 2. The summed E-state index contributed by atoms with van der Waals surface area (Å²) in [7, 11) is 0. The standard InChI is InChI=1S/C23H33N3O5/c1-3-4-19-24-20(31-25-19)13(2)30-21(28)18-8-17(27)12-26(18)22(29)23-9-14-5-15(10-23)7-16(6-14)11-23/h13-18,27H,3-12H2,1-2H3/t13?,14?,15?,16?,17?,18-,23?/m0/s1. The number of rotatable bonds is 6. The lowest BCUT2D eigenvalue weighted by atomic mass is 9.49. The van der Waals surface area contributed by atoms with Crippen LogP contribution in [0.5, 0.6) is 0 Å². The number of nitrogens with zero attached hydrogens (tertiary/aromatic N) is 3. The van der Waals surface area contributed by atoms with Crippen LogP contribution in [0.1, 0.15) is 83.0 Å². The molecule has 6 rings (SSSR count). The van der Waals surface area contributed by atoms with E-state index in [-0.39, 0.29) is 30.2 Å². The molecule has 1 N–H and O–H groups in total. The van der Waals surface area contributed by atoms with E-state index in [1.807, 2.05) is 6.92 Å². The van der Waals surface area contributed by atoms with E-state index in [1.54, 1.807) is 11.8 Å². The minimum Gasteiger partial charge on any atom is -0.451 e. The van der Waals surface area contributed by atoms with Crippen molar-refractivity contribution in [1.29, 1.82) is 0 Å². The van der Waals surface area contributed by atoms with E-state index in [0.29, 0.717) is 30.0 Å². The number of aliphatic hydroxyl groups excluding tert-OH is 1. The van der Waals surface area contributed by atoms with E-state index in [0.717, 1.165) is 25.7 Å². The van der Waals surface area contributed by atoms with Gasteiger partial charge in [-0.2, -0.15) is 4.98 Å². The van der Waals surface area contributed by atoms with Crippen LogP contribution in [0.15, 0.2) is 4.52 Å². The summed E-state index contributed by atoms with van der Waals surface area (Å²) in [5.74, 6) is 2.33. The van der Waals surface area contributed by atoms with Crippen LogP contribution in [-0.2, 0) is 20.7 Å². The SMILES string of the molecule is CCCc1noc(C(C)OC(=O)[C@@H]2CC(O)CN2C(=O)C23CC4CC(CC(C4)C2)C3)n1. The maximum absolute atomic E-state index is 13.8. The van der Waals surface area contributed by atoms with Crippen LogP contribution in [0.3, 0.4) is 0 Å². The van der Waals surface area contributed by atoms with Gasteiger partial charge in [-0.3, -0.25) is 4.79 Å². The second-order valence-corrected chi connectivity index (χ2v) is 10.4. The number of ether oxygens (including phenoxy) is 1. The number of hydrogen-bond donors (Lipinski definition) is 1. The third-order valence-corrected chi connectivity index (χ3v) is 7.90. The molecular weight excluding hydrogens is 398 g/mol. The Kier molecular flexibility index (Phi) is 5.31. The van der Waals surface area contributed by atoms with Gasteiger partial charge in [0, 0.05) is 19.4 Å². The first-order valence-electron chi connectivity index (χ1n) is 11.9. The summed E-state index contributed by atoms with van der Waals surface area (Å²) in [6.07, 6.45) is 6.98. The largest absolute Gasteiger partial charge is 0.451 e. The highest BCUT2D eigenvalue weighted by molar-refractivity contribution is 5.89. The second kappa shape index (κ2) is 7.87. The van der Waals surface area contributed by atoms with Crippen molar-refractivity contribution in [2.45, 2.75) is 89.9 Å². The van der Waals surface area contributed by atoms with Gasteiger partial charge >= 0.3 is 5.97 Å². The number of aromatic nitrogens is 2. The quantitative estimate of drug-likeness (QED) is 0.690. The molecule has 1 aliphatic heterocycles. The highest BCUT2D eigenvalue weighted by Gasteiger charge is 2.57. The second-order valence-electron chi connectivity index (χ2n) is 10.4. The summed E-state index contributed by atoms with van der Waals surface area (Å²) in [5, 5.41) is 14.2. The lowest BCUT2D eigenvalue weighted by molar-refractivity contribution is -0.168. The normalized spacial score (nSPS) is 37.3. The van der Waals surface area contributed by atoms with Gasteiger partial charge in [-0.25, -0.2) is 4.79 Å². The summed E-state index contributed by atoms with van der Waals surface area (Å²) in [4.78, 5) is 32.7. The minimum atomic E-state index is -0.754. The van der Waals surface area contributed by atoms with E-state index < -0.39 is 24.2 Å². The van der Waals surface area contributed by atoms with Gasteiger partial charge in [0.05, 0.1) is 11.5 Å². The van der Waals surface area contributed by atoms with Crippen molar-refractivity contribution in [2.75, 3.05) is 6.54 Å². The van der Waals surface area contributed by atoms with Gasteiger partial charge < -0.3 is 19.3 Å². The van der Waals surface area contributed by atoms with Gasteiger partial charge in [-0.1, -0.05) is 12.1 Å². The Hall–Kier alpha value is -1.96. The summed E-state index contributed by atoms with van der Waals surface area (Å²) < 4.78 is 10.9. The molecule has 1 aromatic heterocycles. The number of aliphatic hydroxyl groups is 1. The van der Waals surface area contributed by atoms with Crippen LogP contribution in [0.4, 0.5) is 0 Å². The molecule has 5 aliphatic rings. The van der Waals surface area contributed by atoms with Crippen LogP contribution in [0.25, 0.3) is 0 Å². The van der Waals surface area contributed by atoms with Crippen LogP contribution < -0.4 is 0 Å². The predicted octanol–water partition coefficient (Wildman–Crippen LogP) is 2.80. The third-order valence-electron chi connectivity index (χ3n) is 7.90. The smallest absolute Gasteiger partial charge is 0.329 e. The van der Waals surface area contributed by atoms with E-state index in [1.165, 1.54) is 19.3 Å². The zero-order valence-corrected chi connectivity index (χ0v) is 18.5. The highest BCUT2D eigenvalue weighted by Crippen LogP contribution is 2.60. The average molecular weight is 432 g/mol. The first kappa shape index (κ1) is 20.9. The minimum absolute atomic E-state index is 0.0563. The van der Waals surface area contributed by atoms with Gasteiger partial charge in [-0.05, 0) is 69.6 Å². The predicted molar refractivity (Wildman–Crippen MR) is 110 cm³/mol. The summed E-state index contributed by atoms with van der Waals surface area (Å²) in [6, 6.07) is -0.754. The monoisotopic (exact) mass is 431 g/mol. The molecule has 8 heteroatoms.